The molecule has 2 aromatic rings. The first-order valence-electron chi connectivity index (χ1n) is 7.92. The molecule has 0 spiro atoms. The number of fused-ring (bicyclic) bond motifs is 3. The van der Waals surface area contributed by atoms with Gasteiger partial charge in [0.2, 0.25) is 5.91 Å². The van der Waals surface area contributed by atoms with Gasteiger partial charge in [0, 0.05) is 17.9 Å². The van der Waals surface area contributed by atoms with Crippen LogP contribution >= 0.6 is 0 Å². The number of nitrogens with zero attached hydrogens (tertiary/aromatic N) is 2. The summed E-state index contributed by atoms with van der Waals surface area (Å²) in [4.78, 5) is 12.5. The molecule has 1 unspecified atom stereocenters. The third-order valence-electron chi connectivity index (χ3n) is 4.65. The van der Waals surface area contributed by atoms with Crippen LogP contribution in [0.4, 0.5) is 5.69 Å². The van der Waals surface area contributed by atoms with Crippen molar-refractivity contribution in [3.05, 3.63) is 59.2 Å². The molecule has 0 bridgehead atoms. The number of carbonyl (C=O) groups is 1. The Balaban J connectivity index is 1.81. The van der Waals surface area contributed by atoms with E-state index in [0.717, 1.165) is 18.6 Å². The lowest BCUT2D eigenvalue weighted by Crippen LogP contribution is -2.39. The van der Waals surface area contributed by atoms with Crippen LogP contribution in [0.1, 0.15) is 29.5 Å². The highest BCUT2D eigenvalue weighted by molar-refractivity contribution is 6.11. The van der Waals surface area contributed by atoms with Gasteiger partial charge in [-0.2, -0.15) is 5.10 Å². The topological polar surface area (TPSA) is 52.9 Å². The molecule has 2 aromatic carbocycles. The maximum Gasteiger partial charge on any atom is 0.248 e. The number of phenols is 1. The van der Waals surface area contributed by atoms with Gasteiger partial charge in [0.25, 0.3) is 0 Å². The molecule has 1 atom stereocenters. The van der Waals surface area contributed by atoms with Crippen molar-refractivity contribution in [3.63, 3.8) is 0 Å². The molecular formula is C19H18N2O2. The number of aromatic hydroxyl groups is 1. The van der Waals surface area contributed by atoms with Crippen LogP contribution in [0.15, 0.2) is 47.6 Å². The lowest BCUT2D eigenvalue weighted by Gasteiger charge is -2.33. The zero-order valence-corrected chi connectivity index (χ0v) is 13.0. The highest BCUT2D eigenvalue weighted by atomic mass is 16.3. The molecule has 1 heterocycles. The number of hydrogen-bond acceptors (Lipinski definition) is 3. The Labute approximate surface area is 135 Å². The maximum absolute atomic E-state index is 12.5. The van der Waals surface area contributed by atoms with Crippen molar-refractivity contribution in [1.29, 1.82) is 0 Å². The number of amides is 1. The highest BCUT2D eigenvalue weighted by Gasteiger charge is 2.34. The van der Waals surface area contributed by atoms with Crippen molar-refractivity contribution in [3.8, 4) is 5.75 Å². The van der Waals surface area contributed by atoms with E-state index in [9.17, 15) is 9.90 Å². The number of hydrazone groups is 1. The molecule has 0 aromatic heterocycles. The fraction of sp³-hybridized carbons (Fsp3) is 0.263. The summed E-state index contributed by atoms with van der Waals surface area (Å²) in [6, 6.07) is 13.1. The van der Waals surface area contributed by atoms with Crippen LogP contribution < -0.4 is 5.01 Å². The number of anilines is 1. The summed E-state index contributed by atoms with van der Waals surface area (Å²) in [7, 11) is 0. The number of hydrogen-bond donors (Lipinski definition) is 1. The third kappa shape index (κ3) is 2.40. The molecule has 1 amide bonds. The van der Waals surface area contributed by atoms with Crippen LogP contribution in [0, 0.1) is 12.8 Å². The summed E-state index contributed by atoms with van der Waals surface area (Å²) in [6.45, 7) is 2.08. The van der Waals surface area contributed by atoms with Crippen LogP contribution in [-0.4, -0.2) is 16.7 Å². The number of aryl methyl sites for hydroxylation is 2. The molecule has 4 nitrogen and oxygen atoms in total. The van der Waals surface area contributed by atoms with Gasteiger partial charge in [0.1, 0.15) is 5.75 Å². The minimum Gasteiger partial charge on any atom is -0.508 e. The molecular weight excluding hydrogens is 288 g/mol. The van der Waals surface area contributed by atoms with E-state index in [4.69, 9.17) is 0 Å². The van der Waals surface area contributed by atoms with Crippen LogP contribution in [0.3, 0.4) is 0 Å². The van der Waals surface area contributed by atoms with Gasteiger partial charge in [-0.25, -0.2) is 5.01 Å². The van der Waals surface area contributed by atoms with Crippen molar-refractivity contribution < 1.29 is 9.90 Å². The first kappa shape index (κ1) is 14.0. The van der Waals surface area contributed by atoms with Crippen LogP contribution in [-0.2, 0) is 11.2 Å². The van der Waals surface area contributed by atoms with Gasteiger partial charge in [0.05, 0.1) is 11.4 Å². The second kappa shape index (κ2) is 5.23. The molecule has 0 fully saturated rings. The summed E-state index contributed by atoms with van der Waals surface area (Å²) in [6.07, 6.45) is 2.48. The molecule has 1 N–H and O–H groups in total. The maximum atomic E-state index is 12.5. The Hall–Kier alpha value is -2.62. The number of benzene rings is 2. The second-order valence-corrected chi connectivity index (χ2v) is 6.31. The van der Waals surface area contributed by atoms with Crippen LogP contribution in [0.2, 0.25) is 0 Å². The van der Waals surface area contributed by atoms with E-state index < -0.39 is 0 Å². The Morgan fingerprint density at radius 3 is 2.74 bits per heavy atom. The SMILES string of the molecule is Cc1ccc2c(c1)C1=NN(c3ccc(O)cc3)C(=O)CC1CC2. The average Bonchev–Trinajstić information content (AvgIpc) is 2.55. The molecule has 2 aliphatic rings. The molecule has 1 aliphatic heterocycles. The second-order valence-electron chi connectivity index (χ2n) is 6.31. The monoisotopic (exact) mass is 306 g/mol. The van der Waals surface area contributed by atoms with Gasteiger partial charge in [-0.15, -0.1) is 0 Å². The molecule has 4 rings (SSSR count). The molecule has 23 heavy (non-hydrogen) atoms. The smallest absolute Gasteiger partial charge is 0.248 e. The van der Waals surface area contributed by atoms with Gasteiger partial charge in [0.15, 0.2) is 0 Å². The first-order valence-corrected chi connectivity index (χ1v) is 7.92. The number of phenolic OH excluding ortho intramolecular Hbond substituents is 1. The highest BCUT2D eigenvalue weighted by Crippen LogP contribution is 2.34. The first-order chi connectivity index (χ1) is 11.1. The van der Waals surface area contributed by atoms with Gasteiger partial charge in [-0.05, 0) is 55.7 Å². The van der Waals surface area contributed by atoms with E-state index >= 15 is 0 Å². The Morgan fingerprint density at radius 2 is 1.96 bits per heavy atom. The summed E-state index contributed by atoms with van der Waals surface area (Å²) in [5, 5.41) is 15.6. The molecule has 0 radical (unpaired) electrons. The lowest BCUT2D eigenvalue weighted by molar-refractivity contribution is -0.119. The molecule has 116 valence electrons. The van der Waals surface area contributed by atoms with Crippen molar-refractivity contribution in [1.82, 2.24) is 0 Å². The third-order valence-corrected chi connectivity index (χ3v) is 4.65. The summed E-state index contributed by atoms with van der Waals surface area (Å²) in [5.41, 5.74) is 5.41. The molecule has 0 saturated heterocycles. The van der Waals surface area contributed by atoms with E-state index in [0.29, 0.717) is 12.1 Å². The number of rotatable bonds is 1. The van der Waals surface area contributed by atoms with E-state index in [-0.39, 0.29) is 17.6 Å². The van der Waals surface area contributed by atoms with E-state index in [1.54, 1.807) is 24.3 Å². The normalized spacial score (nSPS) is 19.9. The van der Waals surface area contributed by atoms with E-state index in [2.05, 4.69) is 30.2 Å². The lowest BCUT2D eigenvalue weighted by atomic mass is 9.79. The van der Waals surface area contributed by atoms with Gasteiger partial charge >= 0.3 is 0 Å². The molecule has 0 saturated carbocycles. The van der Waals surface area contributed by atoms with Gasteiger partial charge < -0.3 is 5.11 Å². The minimum atomic E-state index is 0.0144. The standard InChI is InChI=1S/C19H18N2O2/c1-12-2-3-13-4-5-14-11-18(23)21(20-19(14)17(13)10-12)15-6-8-16(22)9-7-15/h2-3,6-10,14,22H,4-5,11H2,1H3. The quantitative estimate of drug-likeness (QED) is 0.878. The van der Waals surface area contributed by atoms with Crippen molar-refractivity contribution in [2.24, 2.45) is 11.0 Å². The van der Waals surface area contributed by atoms with Crippen LogP contribution in [0.5, 0.6) is 5.75 Å². The Morgan fingerprint density at radius 1 is 1.17 bits per heavy atom. The minimum absolute atomic E-state index is 0.0144. The predicted molar refractivity (Wildman–Crippen MR) is 89.7 cm³/mol. The van der Waals surface area contributed by atoms with E-state index in [1.807, 2.05) is 0 Å². The van der Waals surface area contributed by atoms with Crippen molar-refractivity contribution in [2.45, 2.75) is 26.2 Å². The zero-order valence-electron chi connectivity index (χ0n) is 13.0. The Bertz CT molecular complexity index is 809. The van der Waals surface area contributed by atoms with Gasteiger partial charge in [-0.1, -0.05) is 17.7 Å². The summed E-state index contributed by atoms with van der Waals surface area (Å²) in [5.74, 6) is 0.410. The Kier molecular flexibility index (Phi) is 3.18. The van der Waals surface area contributed by atoms with Crippen molar-refractivity contribution >= 4 is 17.3 Å². The van der Waals surface area contributed by atoms with Gasteiger partial charge in [-0.3, -0.25) is 4.79 Å². The predicted octanol–water partition coefficient (Wildman–Crippen LogP) is 3.40. The molecule has 1 aliphatic carbocycles. The molecule has 4 heteroatoms. The summed E-state index contributed by atoms with van der Waals surface area (Å²) >= 11 is 0. The van der Waals surface area contributed by atoms with Crippen molar-refractivity contribution in [2.75, 3.05) is 5.01 Å². The largest absolute Gasteiger partial charge is 0.508 e. The fourth-order valence-electron chi connectivity index (χ4n) is 3.42. The average molecular weight is 306 g/mol. The van der Waals surface area contributed by atoms with E-state index in [1.165, 1.54) is 21.7 Å². The number of carbonyl (C=O) groups excluding carboxylic acids is 1. The fourth-order valence-corrected chi connectivity index (χ4v) is 3.42. The zero-order chi connectivity index (χ0) is 16.0. The van der Waals surface area contributed by atoms with Crippen LogP contribution in [0.25, 0.3) is 0 Å². The summed E-state index contributed by atoms with van der Waals surface area (Å²) < 4.78 is 0.